The molecule has 0 saturated heterocycles. The van der Waals surface area contributed by atoms with Gasteiger partial charge in [-0.2, -0.15) is 0 Å². The topological polar surface area (TPSA) is 29.9 Å². The molecule has 1 atom stereocenters. The largest absolute Gasteiger partial charge is 0.338 e. The zero-order valence-electron chi connectivity index (χ0n) is 11.9. The molecule has 0 radical (unpaired) electrons. The van der Waals surface area contributed by atoms with Gasteiger partial charge in [0.25, 0.3) is 0 Å². The minimum Gasteiger partial charge on any atom is -0.338 e. The van der Waals surface area contributed by atoms with Crippen molar-refractivity contribution in [2.45, 2.75) is 57.4 Å². The first-order valence-electron chi connectivity index (χ1n) is 7.43. The molecule has 0 bridgehead atoms. The number of aryl methyl sites for hydroxylation is 2. The summed E-state index contributed by atoms with van der Waals surface area (Å²) in [6.45, 7) is 0. The molecule has 1 heterocycles. The highest BCUT2D eigenvalue weighted by Crippen LogP contribution is 2.29. The Kier molecular flexibility index (Phi) is 5.24. The number of rotatable bonds is 7. The number of aromatic nitrogens is 2. The van der Waals surface area contributed by atoms with Crippen molar-refractivity contribution < 1.29 is 0 Å². The summed E-state index contributed by atoms with van der Waals surface area (Å²) >= 11 is 0. The molecule has 2 rings (SSSR count). The standard InChI is InChI=1S/C15H27N3/c1-16-14(8-7-13-5-3-4-6-13)9-10-15-17-11-12-18(15)2/h11-14,16H,3-10H2,1-2H3. The Morgan fingerprint density at radius 3 is 2.78 bits per heavy atom. The van der Waals surface area contributed by atoms with E-state index in [4.69, 9.17) is 0 Å². The molecular formula is C15H27N3. The number of imidazole rings is 1. The maximum atomic E-state index is 4.39. The second-order valence-electron chi connectivity index (χ2n) is 5.71. The minimum absolute atomic E-state index is 0.655. The Hall–Kier alpha value is -0.830. The Morgan fingerprint density at radius 1 is 1.39 bits per heavy atom. The summed E-state index contributed by atoms with van der Waals surface area (Å²) in [5, 5.41) is 3.47. The van der Waals surface area contributed by atoms with Crippen LogP contribution in [0.25, 0.3) is 0 Å². The van der Waals surface area contributed by atoms with Gasteiger partial charge in [-0.3, -0.25) is 0 Å². The van der Waals surface area contributed by atoms with Crippen molar-refractivity contribution in [3.05, 3.63) is 18.2 Å². The molecule has 0 aliphatic heterocycles. The summed E-state index contributed by atoms with van der Waals surface area (Å²) in [5.74, 6) is 2.21. The smallest absolute Gasteiger partial charge is 0.108 e. The van der Waals surface area contributed by atoms with Crippen LogP contribution in [0, 0.1) is 5.92 Å². The van der Waals surface area contributed by atoms with Crippen molar-refractivity contribution in [1.29, 1.82) is 0 Å². The Morgan fingerprint density at radius 2 is 2.17 bits per heavy atom. The second-order valence-corrected chi connectivity index (χ2v) is 5.71. The molecular weight excluding hydrogens is 222 g/mol. The van der Waals surface area contributed by atoms with Crippen LogP contribution in [0.4, 0.5) is 0 Å². The summed E-state index contributed by atoms with van der Waals surface area (Å²) in [5.41, 5.74) is 0. The van der Waals surface area contributed by atoms with Gasteiger partial charge in [-0.15, -0.1) is 0 Å². The van der Waals surface area contributed by atoms with Crippen molar-refractivity contribution in [2.24, 2.45) is 13.0 Å². The van der Waals surface area contributed by atoms with E-state index in [1.54, 1.807) is 0 Å². The molecule has 1 saturated carbocycles. The maximum absolute atomic E-state index is 4.39. The second kappa shape index (κ2) is 6.93. The number of nitrogens with one attached hydrogen (secondary N) is 1. The van der Waals surface area contributed by atoms with Gasteiger partial charge in [0.15, 0.2) is 0 Å². The van der Waals surface area contributed by atoms with Crippen molar-refractivity contribution >= 4 is 0 Å². The minimum atomic E-state index is 0.655. The van der Waals surface area contributed by atoms with Gasteiger partial charge in [0.05, 0.1) is 0 Å². The molecule has 3 heteroatoms. The van der Waals surface area contributed by atoms with Gasteiger partial charge < -0.3 is 9.88 Å². The van der Waals surface area contributed by atoms with E-state index >= 15 is 0 Å². The predicted octanol–water partition coefficient (Wildman–Crippen LogP) is 2.91. The molecule has 1 aromatic rings. The quantitative estimate of drug-likeness (QED) is 0.805. The van der Waals surface area contributed by atoms with Crippen LogP contribution in [0.5, 0.6) is 0 Å². The van der Waals surface area contributed by atoms with Crippen LogP contribution in [0.15, 0.2) is 12.4 Å². The first-order chi connectivity index (χ1) is 8.79. The first-order valence-corrected chi connectivity index (χ1v) is 7.43. The highest BCUT2D eigenvalue weighted by atomic mass is 15.0. The summed E-state index contributed by atoms with van der Waals surface area (Å²) in [4.78, 5) is 4.39. The lowest BCUT2D eigenvalue weighted by Gasteiger charge is -2.18. The van der Waals surface area contributed by atoms with Crippen molar-refractivity contribution in [3.8, 4) is 0 Å². The highest BCUT2D eigenvalue weighted by Gasteiger charge is 2.17. The zero-order valence-corrected chi connectivity index (χ0v) is 11.9. The van der Waals surface area contributed by atoms with Crippen LogP contribution in [-0.4, -0.2) is 22.6 Å². The molecule has 1 aliphatic rings. The molecule has 1 aromatic heterocycles. The fraction of sp³-hybridized carbons (Fsp3) is 0.800. The summed E-state index contributed by atoms with van der Waals surface area (Å²) in [6.07, 6.45) is 14.8. The third-order valence-electron chi connectivity index (χ3n) is 4.44. The van der Waals surface area contributed by atoms with Gasteiger partial charge in [0, 0.05) is 31.9 Å². The molecule has 0 aromatic carbocycles. The van der Waals surface area contributed by atoms with Gasteiger partial charge in [-0.25, -0.2) is 4.98 Å². The van der Waals surface area contributed by atoms with E-state index in [9.17, 15) is 0 Å². The van der Waals surface area contributed by atoms with E-state index in [1.165, 1.54) is 50.8 Å². The SMILES string of the molecule is CNC(CCc1nccn1C)CCC1CCCC1. The Bertz CT molecular complexity index is 339. The third kappa shape index (κ3) is 3.84. The van der Waals surface area contributed by atoms with E-state index in [2.05, 4.69) is 29.0 Å². The zero-order chi connectivity index (χ0) is 12.8. The normalized spacial score (nSPS) is 18.3. The molecule has 3 nitrogen and oxygen atoms in total. The molecule has 18 heavy (non-hydrogen) atoms. The monoisotopic (exact) mass is 249 g/mol. The number of nitrogens with zero attached hydrogens (tertiary/aromatic N) is 2. The van der Waals surface area contributed by atoms with Gasteiger partial charge >= 0.3 is 0 Å². The molecule has 1 unspecified atom stereocenters. The van der Waals surface area contributed by atoms with Gasteiger partial charge in [0.2, 0.25) is 0 Å². The lowest BCUT2D eigenvalue weighted by molar-refractivity contribution is 0.403. The number of hydrogen-bond donors (Lipinski definition) is 1. The summed E-state index contributed by atoms with van der Waals surface area (Å²) in [7, 11) is 4.17. The van der Waals surface area contributed by atoms with Gasteiger partial charge in [-0.1, -0.05) is 25.7 Å². The van der Waals surface area contributed by atoms with E-state index < -0.39 is 0 Å². The lowest BCUT2D eigenvalue weighted by atomic mass is 9.96. The van der Waals surface area contributed by atoms with Crippen LogP contribution in [-0.2, 0) is 13.5 Å². The van der Waals surface area contributed by atoms with Crippen LogP contribution < -0.4 is 5.32 Å². The van der Waals surface area contributed by atoms with Crippen molar-refractivity contribution in [3.63, 3.8) is 0 Å². The Balaban J connectivity index is 1.70. The van der Waals surface area contributed by atoms with Crippen LogP contribution in [0.3, 0.4) is 0 Å². The molecule has 1 N–H and O–H groups in total. The average molecular weight is 249 g/mol. The number of hydrogen-bond acceptors (Lipinski definition) is 2. The van der Waals surface area contributed by atoms with E-state index in [0.29, 0.717) is 6.04 Å². The van der Waals surface area contributed by atoms with Crippen LogP contribution >= 0.6 is 0 Å². The molecule has 1 fully saturated rings. The maximum Gasteiger partial charge on any atom is 0.108 e. The van der Waals surface area contributed by atoms with Crippen LogP contribution in [0.1, 0.15) is 50.8 Å². The van der Waals surface area contributed by atoms with E-state index in [1.807, 2.05) is 12.4 Å². The van der Waals surface area contributed by atoms with Gasteiger partial charge in [-0.05, 0) is 32.2 Å². The predicted molar refractivity (Wildman–Crippen MR) is 75.6 cm³/mol. The Labute approximate surface area is 111 Å². The van der Waals surface area contributed by atoms with E-state index in [0.717, 1.165) is 12.3 Å². The highest BCUT2D eigenvalue weighted by molar-refractivity contribution is 4.92. The average Bonchev–Trinajstić information content (AvgIpc) is 3.01. The van der Waals surface area contributed by atoms with E-state index in [-0.39, 0.29) is 0 Å². The molecule has 0 amide bonds. The van der Waals surface area contributed by atoms with Crippen molar-refractivity contribution in [2.75, 3.05) is 7.05 Å². The first kappa shape index (κ1) is 13.6. The third-order valence-corrected chi connectivity index (χ3v) is 4.44. The molecule has 0 spiro atoms. The fourth-order valence-electron chi connectivity index (χ4n) is 3.11. The molecule has 1 aliphatic carbocycles. The molecule has 102 valence electrons. The van der Waals surface area contributed by atoms with Gasteiger partial charge in [0.1, 0.15) is 5.82 Å². The van der Waals surface area contributed by atoms with Crippen LogP contribution in [0.2, 0.25) is 0 Å². The van der Waals surface area contributed by atoms with Crippen molar-refractivity contribution in [1.82, 2.24) is 14.9 Å². The fourth-order valence-corrected chi connectivity index (χ4v) is 3.11. The lowest BCUT2D eigenvalue weighted by Crippen LogP contribution is -2.26. The summed E-state index contributed by atoms with van der Waals surface area (Å²) < 4.78 is 2.13. The summed E-state index contributed by atoms with van der Waals surface area (Å²) in [6, 6.07) is 0.655.